The molecule has 1 aliphatic rings. The summed E-state index contributed by atoms with van der Waals surface area (Å²) in [6, 6.07) is 7.19. The van der Waals surface area contributed by atoms with Crippen LogP contribution in [0.25, 0.3) is 10.7 Å². The highest BCUT2D eigenvalue weighted by Gasteiger charge is 2.30. The number of hydrogen-bond acceptors (Lipinski definition) is 4. The van der Waals surface area contributed by atoms with Crippen molar-refractivity contribution >= 4 is 17.2 Å². The van der Waals surface area contributed by atoms with E-state index in [-0.39, 0.29) is 24.8 Å². The zero-order valence-electron chi connectivity index (χ0n) is 14.2. The Morgan fingerprint density at radius 1 is 1.22 bits per heavy atom. The Balaban J connectivity index is 1.50. The zero-order chi connectivity index (χ0) is 19.0. The van der Waals surface area contributed by atoms with E-state index in [1.54, 1.807) is 4.57 Å². The molecule has 0 unspecified atom stereocenters. The first-order chi connectivity index (χ1) is 13.1. The predicted octanol–water partition coefficient (Wildman–Crippen LogP) is 2.82. The van der Waals surface area contributed by atoms with Crippen LogP contribution in [-0.4, -0.2) is 26.8 Å². The average Bonchev–Trinajstić information content (AvgIpc) is 3.21. The summed E-state index contributed by atoms with van der Waals surface area (Å²) in [5.74, 6) is -2.10. The fourth-order valence-electron chi connectivity index (χ4n) is 2.88. The van der Waals surface area contributed by atoms with E-state index in [0.717, 1.165) is 29.9 Å². The third kappa shape index (κ3) is 3.42. The Kier molecular flexibility index (Phi) is 4.61. The van der Waals surface area contributed by atoms with Gasteiger partial charge < -0.3 is 5.32 Å². The van der Waals surface area contributed by atoms with Crippen LogP contribution in [0.2, 0.25) is 0 Å². The summed E-state index contributed by atoms with van der Waals surface area (Å²) in [4.78, 5) is 25.6. The third-order valence-electron chi connectivity index (χ3n) is 4.32. The number of aromatic nitrogens is 3. The molecule has 1 fully saturated rings. The van der Waals surface area contributed by atoms with Crippen molar-refractivity contribution in [1.82, 2.24) is 19.7 Å². The first kappa shape index (κ1) is 17.6. The second-order valence-corrected chi connectivity index (χ2v) is 7.21. The SMILES string of the molecule is O=C(NCCn1nc(-c2cccs2)n(C2CC2)c1=O)c1c(F)cccc1F. The van der Waals surface area contributed by atoms with Crippen molar-refractivity contribution in [3.63, 3.8) is 0 Å². The van der Waals surface area contributed by atoms with E-state index in [1.807, 2.05) is 17.5 Å². The average molecular weight is 390 g/mol. The maximum Gasteiger partial charge on any atom is 0.346 e. The van der Waals surface area contributed by atoms with Gasteiger partial charge in [-0.3, -0.25) is 9.36 Å². The van der Waals surface area contributed by atoms with Gasteiger partial charge in [-0.05, 0) is 36.4 Å². The van der Waals surface area contributed by atoms with Crippen molar-refractivity contribution in [1.29, 1.82) is 0 Å². The fraction of sp³-hybridized carbons (Fsp3) is 0.278. The summed E-state index contributed by atoms with van der Waals surface area (Å²) in [6.07, 6.45) is 1.88. The summed E-state index contributed by atoms with van der Waals surface area (Å²) >= 11 is 1.50. The van der Waals surface area contributed by atoms with Crippen LogP contribution in [0.1, 0.15) is 29.2 Å². The normalized spacial score (nSPS) is 13.7. The lowest BCUT2D eigenvalue weighted by Crippen LogP contribution is -2.32. The van der Waals surface area contributed by atoms with Crippen molar-refractivity contribution in [3.05, 3.63) is 63.4 Å². The number of nitrogens with one attached hydrogen (secondary N) is 1. The molecule has 0 bridgehead atoms. The van der Waals surface area contributed by atoms with E-state index in [4.69, 9.17) is 0 Å². The van der Waals surface area contributed by atoms with Crippen molar-refractivity contribution in [2.45, 2.75) is 25.4 Å². The van der Waals surface area contributed by atoms with Crippen LogP contribution in [0.5, 0.6) is 0 Å². The Morgan fingerprint density at radius 2 is 1.96 bits per heavy atom. The van der Waals surface area contributed by atoms with Gasteiger partial charge in [0.2, 0.25) is 0 Å². The van der Waals surface area contributed by atoms with Gasteiger partial charge in [-0.15, -0.1) is 16.4 Å². The predicted molar refractivity (Wildman–Crippen MR) is 96.8 cm³/mol. The zero-order valence-corrected chi connectivity index (χ0v) is 15.0. The van der Waals surface area contributed by atoms with Crippen molar-refractivity contribution < 1.29 is 13.6 Å². The highest BCUT2D eigenvalue weighted by Crippen LogP contribution is 2.37. The number of benzene rings is 1. The third-order valence-corrected chi connectivity index (χ3v) is 5.19. The smallest absolute Gasteiger partial charge is 0.346 e. The molecule has 0 saturated heterocycles. The second kappa shape index (κ2) is 7.07. The second-order valence-electron chi connectivity index (χ2n) is 6.26. The van der Waals surface area contributed by atoms with Gasteiger partial charge >= 0.3 is 5.69 Å². The lowest BCUT2D eigenvalue weighted by atomic mass is 10.2. The highest BCUT2D eigenvalue weighted by molar-refractivity contribution is 7.13. The van der Waals surface area contributed by atoms with E-state index >= 15 is 0 Å². The summed E-state index contributed by atoms with van der Waals surface area (Å²) < 4.78 is 30.3. The molecule has 0 aliphatic heterocycles. The number of halogens is 2. The van der Waals surface area contributed by atoms with Gasteiger partial charge in [0.05, 0.1) is 11.4 Å². The van der Waals surface area contributed by atoms with Gasteiger partial charge in [-0.2, -0.15) is 0 Å². The van der Waals surface area contributed by atoms with Gasteiger partial charge in [0, 0.05) is 12.6 Å². The van der Waals surface area contributed by atoms with Gasteiger partial charge in [0.15, 0.2) is 5.82 Å². The lowest BCUT2D eigenvalue weighted by molar-refractivity contribution is 0.0943. The molecule has 1 amide bonds. The molecule has 6 nitrogen and oxygen atoms in total. The van der Waals surface area contributed by atoms with Gasteiger partial charge in [0.25, 0.3) is 5.91 Å². The molecular weight excluding hydrogens is 374 g/mol. The number of amides is 1. The first-order valence-corrected chi connectivity index (χ1v) is 9.39. The van der Waals surface area contributed by atoms with Gasteiger partial charge in [0.1, 0.15) is 17.2 Å². The minimum absolute atomic E-state index is 0.0259. The van der Waals surface area contributed by atoms with E-state index in [1.165, 1.54) is 22.1 Å². The molecule has 3 aromatic rings. The van der Waals surface area contributed by atoms with E-state index < -0.39 is 23.1 Å². The van der Waals surface area contributed by atoms with Crippen LogP contribution < -0.4 is 11.0 Å². The van der Waals surface area contributed by atoms with E-state index in [9.17, 15) is 18.4 Å². The summed E-state index contributed by atoms with van der Waals surface area (Å²) in [6.45, 7) is 0.136. The quantitative estimate of drug-likeness (QED) is 0.704. The Hall–Kier alpha value is -2.81. The Morgan fingerprint density at radius 3 is 2.59 bits per heavy atom. The number of rotatable bonds is 6. The maximum absolute atomic E-state index is 13.7. The lowest BCUT2D eigenvalue weighted by Gasteiger charge is -2.06. The number of hydrogen-bond donors (Lipinski definition) is 1. The molecule has 0 spiro atoms. The van der Waals surface area contributed by atoms with Crippen LogP contribution in [0, 0.1) is 11.6 Å². The molecule has 0 atom stereocenters. The molecule has 2 aromatic heterocycles. The number of thiophene rings is 1. The monoisotopic (exact) mass is 390 g/mol. The molecule has 140 valence electrons. The van der Waals surface area contributed by atoms with Gasteiger partial charge in [-0.1, -0.05) is 12.1 Å². The first-order valence-electron chi connectivity index (χ1n) is 8.51. The van der Waals surface area contributed by atoms with E-state index in [2.05, 4.69) is 10.4 Å². The molecule has 4 rings (SSSR count). The highest BCUT2D eigenvalue weighted by atomic mass is 32.1. The molecule has 1 saturated carbocycles. The largest absolute Gasteiger partial charge is 0.350 e. The summed E-state index contributed by atoms with van der Waals surface area (Å²) in [7, 11) is 0. The molecule has 1 N–H and O–H groups in total. The molecule has 27 heavy (non-hydrogen) atoms. The Bertz CT molecular complexity index is 1020. The summed E-state index contributed by atoms with van der Waals surface area (Å²) in [5.41, 5.74) is -0.875. The molecule has 1 aliphatic carbocycles. The van der Waals surface area contributed by atoms with Crippen molar-refractivity contribution in [3.8, 4) is 10.7 Å². The molecule has 0 radical (unpaired) electrons. The minimum atomic E-state index is -0.928. The Labute approximate surface area is 157 Å². The minimum Gasteiger partial charge on any atom is -0.350 e. The standard InChI is InChI=1S/C18H16F2N4O2S/c19-12-3-1-4-13(20)15(12)17(25)21-8-9-23-18(26)24(11-6-7-11)16(22-23)14-5-2-10-27-14/h1-5,10-11H,6-9H2,(H,21,25). The van der Waals surface area contributed by atoms with Crippen LogP contribution in [0.4, 0.5) is 8.78 Å². The van der Waals surface area contributed by atoms with Crippen LogP contribution >= 0.6 is 11.3 Å². The van der Waals surface area contributed by atoms with Crippen LogP contribution in [-0.2, 0) is 6.54 Å². The van der Waals surface area contributed by atoms with Gasteiger partial charge in [-0.25, -0.2) is 18.3 Å². The molecule has 2 heterocycles. The fourth-order valence-corrected chi connectivity index (χ4v) is 3.59. The maximum atomic E-state index is 13.7. The number of carbonyl (C=O) groups is 1. The van der Waals surface area contributed by atoms with E-state index in [0.29, 0.717) is 5.82 Å². The molecule has 9 heteroatoms. The van der Waals surface area contributed by atoms with Crippen molar-refractivity contribution in [2.75, 3.05) is 6.54 Å². The summed E-state index contributed by atoms with van der Waals surface area (Å²) in [5, 5.41) is 8.75. The van der Waals surface area contributed by atoms with Crippen LogP contribution in [0.15, 0.2) is 40.5 Å². The van der Waals surface area contributed by atoms with Crippen molar-refractivity contribution in [2.24, 2.45) is 0 Å². The topological polar surface area (TPSA) is 68.9 Å². The molecule has 1 aromatic carbocycles. The molecular formula is C18H16F2N4O2S. The number of carbonyl (C=O) groups excluding carboxylic acids is 1. The van der Waals surface area contributed by atoms with Crippen LogP contribution in [0.3, 0.4) is 0 Å². The number of nitrogens with zero attached hydrogens (tertiary/aromatic N) is 3.